The van der Waals surface area contributed by atoms with Crippen molar-refractivity contribution in [3.63, 3.8) is 0 Å². The fourth-order valence-electron chi connectivity index (χ4n) is 1.54. The molecule has 2 N–H and O–H groups in total. The highest BCUT2D eigenvalue weighted by Gasteiger charge is 2.36. The standard InChI is InChI=1S/C10H7F2NO2.C2H5F2N/c11-8(12)5-13-9(14)6-3-1-2-4-7(6)10(13)15;3-2(4)1-5/h1-4,8H,5H2;2H,1,5H2. The number of halogens is 4. The van der Waals surface area contributed by atoms with Gasteiger partial charge in [-0.15, -0.1) is 0 Å². The second kappa shape index (κ2) is 6.99. The van der Waals surface area contributed by atoms with Crippen LogP contribution in [0.1, 0.15) is 20.7 Å². The first-order valence-corrected chi connectivity index (χ1v) is 5.60. The van der Waals surface area contributed by atoms with Crippen molar-refractivity contribution in [1.82, 2.24) is 4.90 Å². The number of fused-ring (bicyclic) bond motifs is 1. The number of nitrogens with two attached hydrogens (primary N) is 1. The number of benzene rings is 1. The van der Waals surface area contributed by atoms with E-state index in [4.69, 9.17) is 0 Å². The molecule has 0 fully saturated rings. The van der Waals surface area contributed by atoms with Crippen molar-refractivity contribution in [1.29, 1.82) is 0 Å². The van der Waals surface area contributed by atoms with Crippen LogP contribution < -0.4 is 5.73 Å². The molecule has 1 heterocycles. The van der Waals surface area contributed by atoms with Crippen LogP contribution in [0.2, 0.25) is 0 Å². The van der Waals surface area contributed by atoms with E-state index in [2.05, 4.69) is 5.73 Å². The maximum Gasteiger partial charge on any atom is 0.261 e. The van der Waals surface area contributed by atoms with Crippen molar-refractivity contribution in [3.8, 4) is 0 Å². The van der Waals surface area contributed by atoms with Gasteiger partial charge in [0.15, 0.2) is 0 Å². The fourth-order valence-corrected chi connectivity index (χ4v) is 1.54. The summed E-state index contributed by atoms with van der Waals surface area (Å²) in [5, 5.41) is 0. The lowest BCUT2D eigenvalue weighted by atomic mass is 10.1. The van der Waals surface area contributed by atoms with Crippen molar-refractivity contribution in [3.05, 3.63) is 35.4 Å². The Morgan fingerprint density at radius 3 is 1.65 bits per heavy atom. The summed E-state index contributed by atoms with van der Waals surface area (Å²) in [6.07, 6.45) is -5.04. The third kappa shape index (κ3) is 3.77. The summed E-state index contributed by atoms with van der Waals surface area (Å²) in [5.41, 5.74) is 4.82. The predicted octanol–water partition coefficient (Wildman–Crippen LogP) is 1.76. The van der Waals surface area contributed by atoms with E-state index in [1.54, 1.807) is 12.1 Å². The van der Waals surface area contributed by atoms with Gasteiger partial charge in [0.2, 0.25) is 0 Å². The molecule has 0 saturated heterocycles. The summed E-state index contributed by atoms with van der Waals surface area (Å²) in [6, 6.07) is 6.11. The Morgan fingerprint density at radius 2 is 1.35 bits per heavy atom. The first-order valence-electron chi connectivity index (χ1n) is 5.60. The zero-order valence-corrected chi connectivity index (χ0v) is 10.2. The number of amides is 2. The summed E-state index contributed by atoms with van der Waals surface area (Å²) in [4.78, 5) is 23.6. The van der Waals surface area contributed by atoms with Gasteiger partial charge < -0.3 is 5.73 Å². The number of rotatable bonds is 3. The number of hydrogen-bond acceptors (Lipinski definition) is 3. The van der Waals surface area contributed by atoms with Crippen LogP contribution in [-0.4, -0.2) is 42.7 Å². The Bertz CT molecular complexity index is 459. The second-order valence-electron chi connectivity index (χ2n) is 3.78. The van der Waals surface area contributed by atoms with Crippen LogP contribution in [0.5, 0.6) is 0 Å². The minimum absolute atomic E-state index is 0.197. The molecule has 0 aromatic heterocycles. The lowest BCUT2D eigenvalue weighted by Gasteiger charge is -2.12. The maximum atomic E-state index is 12.1. The average molecular weight is 292 g/mol. The molecule has 1 aliphatic heterocycles. The molecule has 2 rings (SSSR count). The fraction of sp³-hybridized carbons (Fsp3) is 0.333. The molecular formula is C12H12F4N2O2. The summed E-state index contributed by atoms with van der Waals surface area (Å²) < 4.78 is 45.5. The number of nitrogens with zero attached hydrogens (tertiary/aromatic N) is 1. The molecule has 4 nitrogen and oxygen atoms in total. The van der Waals surface area contributed by atoms with Gasteiger partial charge in [-0.1, -0.05) is 12.1 Å². The zero-order chi connectivity index (χ0) is 15.3. The van der Waals surface area contributed by atoms with Crippen molar-refractivity contribution in [2.24, 2.45) is 5.73 Å². The Kier molecular flexibility index (Phi) is 5.63. The number of carbonyl (C=O) groups is 2. The Hall–Kier alpha value is -1.96. The topological polar surface area (TPSA) is 63.4 Å². The van der Waals surface area contributed by atoms with Gasteiger partial charge in [-0.2, -0.15) is 0 Å². The lowest BCUT2D eigenvalue weighted by molar-refractivity contribution is 0.0492. The first kappa shape index (κ1) is 16.1. The monoisotopic (exact) mass is 292 g/mol. The van der Waals surface area contributed by atoms with Crippen molar-refractivity contribution in [2.75, 3.05) is 13.1 Å². The minimum Gasteiger partial charge on any atom is -0.325 e. The van der Waals surface area contributed by atoms with E-state index in [0.717, 1.165) is 0 Å². The SMILES string of the molecule is NCC(F)F.O=C1c2ccccc2C(=O)N1CC(F)F. The van der Waals surface area contributed by atoms with Crippen LogP contribution in [0.15, 0.2) is 24.3 Å². The van der Waals surface area contributed by atoms with E-state index in [-0.39, 0.29) is 11.1 Å². The van der Waals surface area contributed by atoms with Crippen molar-refractivity contribution < 1.29 is 27.2 Å². The molecule has 2 amide bonds. The predicted molar refractivity (Wildman–Crippen MR) is 62.9 cm³/mol. The van der Waals surface area contributed by atoms with E-state index in [0.29, 0.717) is 4.90 Å². The molecular weight excluding hydrogens is 280 g/mol. The van der Waals surface area contributed by atoms with Gasteiger partial charge in [-0.05, 0) is 12.1 Å². The quantitative estimate of drug-likeness (QED) is 0.682. The zero-order valence-electron chi connectivity index (χ0n) is 10.2. The van der Waals surface area contributed by atoms with E-state index in [1.165, 1.54) is 12.1 Å². The van der Waals surface area contributed by atoms with Gasteiger partial charge in [0.05, 0.1) is 24.2 Å². The third-order valence-electron chi connectivity index (χ3n) is 2.38. The molecule has 0 radical (unpaired) electrons. The Morgan fingerprint density at radius 1 is 0.950 bits per heavy atom. The first-order chi connectivity index (χ1) is 9.38. The number of hydrogen-bond donors (Lipinski definition) is 1. The summed E-state index contributed by atoms with van der Waals surface area (Å²) in [5.74, 6) is -1.29. The molecule has 110 valence electrons. The van der Waals surface area contributed by atoms with Gasteiger partial charge in [0.25, 0.3) is 24.7 Å². The molecule has 1 aromatic rings. The highest BCUT2D eigenvalue weighted by atomic mass is 19.3. The van der Waals surface area contributed by atoms with Crippen LogP contribution in [0, 0.1) is 0 Å². The maximum absolute atomic E-state index is 12.1. The van der Waals surface area contributed by atoms with E-state index >= 15 is 0 Å². The van der Waals surface area contributed by atoms with Gasteiger partial charge in [-0.25, -0.2) is 17.6 Å². The number of alkyl halides is 4. The molecule has 0 bridgehead atoms. The van der Waals surface area contributed by atoms with Gasteiger partial charge in [0, 0.05) is 0 Å². The molecule has 0 unspecified atom stereocenters. The Labute approximate surface area is 112 Å². The molecule has 20 heavy (non-hydrogen) atoms. The molecule has 1 aromatic carbocycles. The molecule has 0 atom stereocenters. The van der Waals surface area contributed by atoms with E-state index in [9.17, 15) is 27.2 Å². The summed E-state index contributed by atoms with van der Waals surface area (Å²) >= 11 is 0. The molecule has 0 aliphatic carbocycles. The summed E-state index contributed by atoms with van der Waals surface area (Å²) in [7, 11) is 0. The normalized spacial score (nSPS) is 13.7. The van der Waals surface area contributed by atoms with Crippen LogP contribution in [0.4, 0.5) is 17.6 Å². The average Bonchev–Trinajstić information content (AvgIpc) is 2.65. The molecule has 1 aliphatic rings. The molecule has 0 spiro atoms. The molecule has 0 saturated carbocycles. The smallest absolute Gasteiger partial charge is 0.261 e. The lowest BCUT2D eigenvalue weighted by Crippen LogP contribution is -2.34. The largest absolute Gasteiger partial charge is 0.325 e. The minimum atomic E-state index is -2.70. The molecule has 8 heteroatoms. The summed E-state index contributed by atoms with van der Waals surface area (Å²) in [6.45, 7) is -1.37. The number of carbonyl (C=O) groups excluding carboxylic acids is 2. The number of imide groups is 1. The van der Waals surface area contributed by atoms with Gasteiger partial charge >= 0.3 is 0 Å². The van der Waals surface area contributed by atoms with E-state index < -0.39 is 37.8 Å². The highest BCUT2D eigenvalue weighted by molar-refractivity contribution is 6.21. The van der Waals surface area contributed by atoms with E-state index in [1.807, 2.05) is 0 Å². The third-order valence-corrected chi connectivity index (χ3v) is 2.38. The van der Waals surface area contributed by atoms with Gasteiger partial charge in [0.1, 0.15) is 0 Å². The van der Waals surface area contributed by atoms with Crippen molar-refractivity contribution in [2.45, 2.75) is 12.9 Å². The van der Waals surface area contributed by atoms with Crippen LogP contribution in [-0.2, 0) is 0 Å². The van der Waals surface area contributed by atoms with Crippen LogP contribution >= 0.6 is 0 Å². The second-order valence-corrected chi connectivity index (χ2v) is 3.78. The Balaban J connectivity index is 0.000000347. The van der Waals surface area contributed by atoms with Gasteiger partial charge in [-0.3, -0.25) is 14.5 Å². The highest BCUT2D eigenvalue weighted by Crippen LogP contribution is 2.22. The van der Waals surface area contributed by atoms with Crippen LogP contribution in [0.3, 0.4) is 0 Å². The van der Waals surface area contributed by atoms with Crippen molar-refractivity contribution >= 4 is 11.8 Å². The van der Waals surface area contributed by atoms with Crippen LogP contribution in [0.25, 0.3) is 0 Å².